The summed E-state index contributed by atoms with van der Waals surface area (Å²) in [5, 5.41) is 0.484. The molecule has 2 aromatic carbocycles. The van der Waals surface area contributed by atoms with Gasteiger partial charge in [-0.05, 0) is 48.7 Å². The summed E-state index contributed by atoms with van der Waals surface area (Å²) < 4.78 is 37.6. The number of anilines is 1. The third-order valence-corrected chi connectivity index (χ3v) is 5.08. The van der Waals surface area contributed by atoms with Crippen molar-refractivity contribution in [3.63, 3.8) is 0 Å². The van der Waals surface area contributed by atoms with Crippen molar-refractivity contribution < 1.29 is 17.9 Å². The van der Waals surface area contributed by atoms with Gasteiger partial charge in [0.15, 0.2) is 11.5 Å². The van der Waals surface area contributed by atoms with E-state index < -0.39 is 10.0 Å². The molecule has 0 radical (unpaired) electrons. The summed E-state index contributed by atoms with van der Waals surface area (Å²) in [7, 11) is -0.390. The number of sulfonamides is 1. The Morgan fingerprint density at radius 1 is 1.04 bits per heavy atom. The van der Waals surface area contributed by atoms with Gasteiger partial charge in [0.25, 0.3) is 0 Å². The molecule has 0 unspecified atom stereocenters. The lowest BCUT2D eigenvalue weighted by Gasteiger charge is -2.12. The lowest BCUT2D eigenvalue weighted by molar-refractivity contribution is 0.354. The van der Waals surface area contributed by atoms with Crippen LogP contribution in [0.5, 0.6) is 11.5 Å². The first-order chi connectivity index (χ1) is 11.3. The quantitative estimate of drug-likeness (QED) is 0.809. The Morgan fingerprint density at radius 2 is 1.75 bits per heavy atom. The maximum atomic E-state index is 12.3. The van der Waals surface area contributed by atoms with Crippen LogP contribution in [0, 0.1) is 6.92 Å². The molecule has 0 amide bonds. The van der Waals surface area contributed by atoms with Gasteiger partial charge in [-0.15, -0.1) is 0 Å². The monoisotopic (exact) mass is 369 g/mol. The minimum absolute atomic E-state index is 0.0472. The van der Waals surface area contributed by atoms with Crippen LogP contribution in [0.1, 0.15) is 11.1 Å². The van der Waals surface area contributed by atoms with Gasteiger partial charge in [-0.1, -0.05) is 23.7 Å². The second-order valence-electron chi connectivity index (χ2n) is 5.32. The Labute approximate surface area is 147 Å². The predicted octanol–water partition coefficient (Wildman–Crippen LogP) is 3.65. The number of ether oxygens (including phenoxy) is 2. The molecule has 1 N–H and O–H groups in total. The van der Waals surface area contributed by atoms with E-state index in [0.717, 1.165) is 11.1 Å². The van der Waals surface area contributed by atoms with Gasteiger partial charge in [0, 0.05) is 5.02 Å². The molecule has 0 aliphatic heterocycles. The number of hydrogen-bond acceptors (Lipinski definition) is 4. The Hall–Kier alpha value is -1.92. The van der Waals surface area contributed by atoms with Crippen molar-refractivity contribution in [1.82, 2.24) is 0 Å². The second-order valence-corrected chi connectivity index (χ2v) is 7.60. The van der Waals surface area contributed by atoms with E-state index in [1.165, 1.54) is 0 Å². The largest absolute Gasteiger partial charge is 0.493 e. The Balaban J connectivity index is 2.09. The third-order valence-electron chi connectivity index (χ3n) is 3.57. The predicted molar refractivity (Wildman–Crippen MR) is 96.8 cm³/mol. The molecule has 0 aliphatic rings. The van der Waals surface area contributed by atoms with Gasteiger partial charge in [0.2, 0.25) is 10.0 Å². The minimum Gasteiger partial charge on any atom is -0.493 e. The van der Waals surface area contributed by atoms with Crippen molar-refractivity contribution in [1.29, 1.82) is 0 Å². The molecule has 0 spiro atoms. The molecule has 130 valence electrons. The van der Waals surface area contributed by atoms with Crippen LogP contribution in [0.2, 0.25) is 5.02 Å². The molecule has 0 bridgehead atoms. The van der Waals surface area contributed by atoms with Gasteiger partial charge in [0.05, 0.1) is 25.7 Å². The zero-order valence-corrected chi connectivity index (χ0v) is 15.4. The van der Waals surface area contributed by atoms with Crippen LogP contribution < -0.4 is 14.2 Å². The molecule has 0 aliphatic carbocycles. The minimum atomic E-state index is -3.49. The maximum Gasteiger partial charge on any atom is 0.233 e. The number of nitrogens with one attached hydrogen (secondary N) is 1. The molecule has 5 nitrogen and oxygen atoms in total. The van der Waals surface area contributed by atoms with Crippen LogP contribution >= 0.6 is 11.6 Å². The lowest BCUT2D eigenvalue weighted by Crippen LogP contribution is -2.18. The normalized spacial score (nSPS) is 11.2. The van der Waals surface area contributed by atoms with E-state index in [0.29, 0.717) is 28.6 Å². The third kappa shape index (κ3) is 4.79. The van der Waals surface area contributed by atoms with Crippen LogP contribution in [0.25, 0.3) is 0 Å². The van der Waals surface area contributed by atoms with E-state index in [1.54, 1.807) is 44.6 Å². The molecule has 0 aromatic heterocycles. The Bertz CT molecular complexity index is 821. The highest BCUT2D eigenvalue weighted by atomic mass is 35.5. The topological polar surface area (TPSA) is 64.6 Å². The number of benzene rings is 2. The number of halogens is 1. The van der Waals surface area contributed by atoms with Crippen molar-refractivity contribution in [2.24, 2.45) is 0 Å². The molecule has 0 atom stereocenters. The molecule has 0 fully saturated rings. The van der Waals surface area contributed by atoms with E-state index in [4.69, 9.17) is 21.1 Å². The summed E-state index contributed by atoms with van der Waals surface area (Å²) in [6.07, 6.45) is 0.356. The molecule has 7 heteroatoms. The Morgan fingerprint density at radius 3 is 2.42 bits per heavy atom. The molecule has 2 aromatic rings. The summed E-state index contributed by atoms with van der Waals surface area (Å²) in [5.41, 5.74) is 2.16. The highest BCUT2D eigenvalue weighted by Crippen LogP contribution is 2.28. The molecule has 24 heavy (non-hydrogen) atoms. The van der Waals surface area contributed by atoms with Crippen molar-refractivity contribution in [2.45, 2.75) is 13.3 Å². The molecule has 0 saturated heterocycles. The molecule has 0 saturated carbocycles. The number of methoxy groups -OCH3 is 2. The molecule has 0 heterocycles. The van der Waals surface area contributed by atoms with E-state index >= 15 is 0 Å². The summed E-state index contributed by atoms with van der Waals surface area (Å²) in [6, 6.07) is 10.5. The average molecular weight is 370 g/mol. The number of rotatable bonds is 7. The van der Waals surface area contributed by atoms with Crippen LogP contribution in [-0.2, 0) is 16.4 Å². The second kappa shape index (κ2) is 7.77. The summed E-state index contributed by atoms with van der Waals surface area (Å²) in [5.74, 6) is 1.14. The molecular weight excluding hydrogens is 350 g/mol. The average Bonchev–Trinajstić information content (AvgIpc) is 2.56. The maximum absolute atomic E-state index is 12.3. The van der Waals surface area contributed by atoms with Crippen LogP contribution in [0.4, 0.5) is 5.69 Å². The van der Waals surface area contributed by atoms with Gasteiger partial charge in [0.1, 0.15) is 0 Å². The van der Waals surface area contributed by atoms with Gasteiger partial charge in [-0.3, -0.25) is 4.72 Å². The highest BCUT2D eigenvalue weighted by molar-refractivity contribution is 7.92. The van der Waals surface area contributed by atoms with Crippen molar-refractivity contribution >= 4 is 27.3 Å². The van der Waals surface area contributed by atoms with Crippen molar-refractivity contribution in [3.8, 4) is 11.5 Å². The van der Waals surface area contributed by atoms with Gasteiger partial charge in [-0.2, -0.15) is 0 Å². The van der Waals surface area contributed by atoms with E-state index in [-0.39, 0.29) is 5.75 Å². The zero-order valence-electron chi connectivity index (χ0n) is 13.8. The fraction of sp³-hybridized carbons (Fsp3) is 0.294. The fourth-order valence-corrected chi connectivity index (χ4v) is 3.54. The number of aryl methyl sites for hydroxylation is 2. The van der Waals surface area contributed by atoms with Crippen LogP contribution in [-0.4, -0.2) is 28.4 Å². The lowest BCUT2D eigenvalue weighted by atomic mass is 10.1. The van der Waals surface area contributed by atoms with Crippen LogP contribution in [0.15, 0.2) is 36.4 Å². The van der Waals surface area contributed by atoms with Crippen molar-refractivity contribution in [3.05, 3.63) is 52.5 Å². The fourth-order valence-electron chi connectivity index (χ4n) is 2.21. The zero-order chi connectivity index (χ0) is 17.7. The van der Waals surface area contributed by atoms with Crippen LogP contribution in [0.3, 0.4) is 0 Å². The smallest absolute Gasteiger partial charge is 0.233 e. The first-order valence-electron chi connectivity index (χ1n) is 7.32. The van der Waals surface area contributed by atoms with Gasteiger partial charge >= 0.3 is 0 Å². The first-order valence-corrected chi connectivity index (χ1v) is 9.35. The molecular formula is C17H20ClNO4S. The first kappa shape index (κ1) is 18.4. The Kier molecular flexibility index (Phi) is 5.96. The van der Waals surface area contributed by atoms with Gasteiger partial charge in [-0.25, -0.2) is 8.42 Å². The van der Waals surface area contributed by atoms with E-state index in [9.17, 15) is 8.42 Å². The number of hydrogen-bond donors (Lipinski definition) is 1. The van der Waals surface area contributed by atoms with E-state index in [2.05, 4.69) is 4.72 Å². The van der Waals surface area contributed by atoms with Crippen molar-refractivity contribution in [2.75, 3.05) is 24.7 Å². The van der Waals surface area contributed by atoms with Gasteiger partial charge < -0.3 is 9.47 Å². The van der Waals surface area contributed by atoms with E-state index in [1.807, 2.05) is 13.0 Å². The standard InChI is InChI=1S/C17H20ClNO4S/c1-12-4-6-14(18)11-15(12)19-24(20,21)9-8-13-5-7-16(22-2)17(10-13)23-3/h4-7,10-11,19H,8-9H2,1-3H3. The summed E-state index contributed by atoms with van der Waals surface area (Å²) in [4.78, 5) is 0. The summed E-state index contributed by atoms with van der Waals surface area (Å²) in [6.45, 7) is 1.82. The SMILES string of the molecule is COc1ccc(CCS(=O)(=O)Nc2cc(Cl)ccc2C)cc1OC. The molecule has 2 rings (SSSR count). The highest BCUT2D eigenvalue weighted by Gasteiger charge is 2.13. The summed E-state index contributed by atoms with van der Waals surface area (Å²) >= 11 is 5.92.